The SMILES string of the molecule is O=C(NC1CC1)c1ccc(NC2CCN(C(=O)c3ccncc3)CC2)c([N+](=O)[O-])c1. The quantitative estimate of drug-likeness (QED) is 0.559. The number of rotatable bonds is 6. The molecule has 2 heterocycles. The first-order valence-corrected chi connectivity index (χ1v) is 10.1. The summed E-state index contributed by atoms with van der Waals surface area (Å²) in [6.07, 6.45) is 6.45. The monoisotopic (exact) mass is 409 g/mol. The van der Waals surface area contributed by atoms with E-state index in [1.54, 1.807) is 41.6 Å². The summed E-state index contributed by atoms with van der Waals surface area (Å²) in [5, 5.41) is 17.6. The summed E-state index contributed by atoms with van der Waals surface area (Å²) in [5.74, 6) is -0.317. The Kier molecular flexibility index (Phi) is 5.60. The Morgan fingerprint density at radius 2 is 1.70 bits per heavy atom. The summed E-state index contributed by atoms with van der Waals surface area (Å²) < 4.78 is 0. The van der Waals surface area contributed by atoms with Crippen LogP contribution in [-0.2, 0) is 0 Å². The molecule has 4 rings (SSSR count). The van der Waals surface area contributed by atoms with Crippen molar-refractivity contribution in [1.29, 1.82) is 0 Å². The molecule has 0 unspecified atom stereocenters. The van der Waals surface area contributed by atoms with E-state index in [4.69, 9.17) is 0 Å². The van der Waals surface area contributed by atoms with E-state index in [2.05, 4.69) is 15.6 Å². The van der Waals surface area contributed by atoms with Crippen LogP contribution in [0.4, 0.5) is 11.4 Å². The van der Waals surface area contributed by atoms with Crippen molar-refractivity contribution in [3.63, 3.8) is 0 Å². The predicted octanol–water partition coefficient (Wildman–Crippen LogP) is 2.60. The Hall–Kier alpha value is -3.49. The molecule has 0 atom stereocenters. The van der Waals surface area contributed by atoms with Gasteiger partial charge in [0.15, 0.2) is 0 Å². The van der Waals surface area contributed by atoms with Crippen LogP contribution in [0, 0.1) is 10.1 Å². The van der Waals surface area contributed by atoms with Gasteiger partial charge in [-0.3, -0.25) is 24.7 Å². The molecule has 2 aromatic rings. The molecule has 1 aromatic heterocycles. The van der Waals surface area contributed by atoms with Gasteiger partial charge in [-0.05, 0) is 49.9 Å². The summed E-state index contributed by atoms with van der Waals surface area (Å²) in [6, 6.07) is 8.10. The molecule has 0 bridgehead atoms. The van der Waals surface area contributed by atoms with Gasteiger partial charge in [-0.2, -0.15) is 0 Å². The van der Waals surface area contributed by atoms with Gasteiger partial charge in [-0.15, -0.1) is 0 Å². The number of aromatic nitrogens is 1. The molecule has 1 aromatic carbocycles. The summed E-state index contributed by atoms with van der Waals surface area (Å²) >= 11 is 0. The summed E-state index contributed by atoms with van der Waals surface area (Å²) in [5.41, 5.74) is 1.17. The Morgan fingerprint density at radius 1 is 1.00 bits per heavy atom. The number of piperidine rings is 1. The van der Waals surface area contributed by atoms with E-state index in [1.807, 2.05) is 0 Å². The number of carbonyl (C=O) groups is 2. The highest BCUT2D eigenvalue weighted by Crippen LogP contribution is 2.29. The zero-order valence-corrected chi connectivity index (χ0v) is 16.4. The molecule has 2 amide bonds. The number of likely N-dealkylation sites (tertiary alicyclic amines) is 1. The third-order valence-corrected chi connectivity index (χ3v) is 5.44. The first kappa shape index (κ1) is 19.8. The largest absolute Gasteiger partial charge is 0.377 e. The number of amides is 2. The number of hydrogen-bond acceptors (Lipinski definition) is 6. The third-order valence-electron chi connectivity index (χ3n) is 5.44. The number of nitrogens with one attached hydrogen (secondary N) is 2. The number of pyridine rings is 1. The lowest BCUT2D eigenvalue weighted by atomic mass is 10.0. The van der Waals surface area contributed by atoms with Gasteiger partial charge in [-0.1, -0.05) is 0 Å². The Bertz CT molecular complexity index is 953. The van der Waals surface area contributed by atoms with Crippen LogP contribution < -0.4 is 10.6 Å². The molecular formula is C21H23N5O4. The normalized spacial score (nSPS) is 16.7. The standard InChI is InChI=1S/C21H23N5O4/c27-20(24-16-2-3-16)15-1-4-18(19(13-15)26(29)30)23-17-7-11-25(12-8-17)21(28)14-5-9-22-10-6-14/h1,4-6,9-10,13,16-17,23H,2-3,7-8,11-12H2,(H,24,27). The fraction of sp³-hybridized carbons (Fsp3) is 0.381. The summed E-state index contributed by atoms with van der Waals surface area (Å²) in [4.78, 5) is 41.5. The van der Waals surface area contributed by atoms with E-state index in [1.165, 1.54) is 6.07 Å². The number of carbonyl (C=O) groups excluding carboxylic acids is 2. The van der Waals surface area contributed by atoms with Crippen molar-refractivity contribution in [2.24, 2.45) is 0 Å². The van der Waals surface area contributed by atoms with Gasteiger partial charge in [0.25, 0.3) is 17.5 Å². The number of hydrogen-bond donors (Lipinski definition) is 2. The highest BCUT2D eigenvalue weighted by molar-refractivity contribution is 5.96. The van der Waals surface area contributed by atoms with Crippen molar-refractivity contribution < 1.29 is 14.5 Å². The molecule has 0 spiro atoms. The van der Waals surface area contributed by atoms with Crippen molar-refractivity contribution >= 4 is 23.2 Å². The number of benzene rings is 1. The molecule has 9 heteroatoms. The molecule has 9 nitrogen and oxygen atoms in total. The zero-order valence-electron chi connectivity index (χ0n) is 16.4. The molecular weight excluding hydrogens is 386 g/mol. The van der Waals surface area contributed by atoms with E-state index < -0.39 is 4.92 Å². The van der Waals surface area contributed by atoms with Crippen LogP contribution in [0.15, 0.2) is 42.7 Å². The van der Waals surface area contributed by atoms with E-state index in [0.29, 0.717) is 37.2 Å². The lowest BCUT2D eigenvalue weighted by Gasteiger charge is -2.32. The smallest absolute Gasteiger partial charge is 0.293 e. The van der Waals surface area contributed by atoms with Crippen molar-refractivity contribution in [2.75, 3.05) is 18.4 Å². The molecule has 1 saturated heterocycles. The van der Waals surface area contributed by atoms with Crippen LogP contribution in [0.5, 0.6) is 0 Å². The maximum atomic E-state index is 12.5. The lowest BCUT2D eigenvalue weighted by molar-refractivity contribution is -0.384. The Balaban J connectivity index is 1.39. The third kappa shape index (κ3) is 4.56. The molecule has 156 valence electrons. The number of nitro groups is 1. The first-order chi connectivity index (χ1) is 14.5. The van der Waals surface area contributed by atoms with Crippen LogP contribution in [-0.4, -0.2) is 51.8 Å². The minimum Gasteiger partial charge on any atom is -0.377 e. The minimum absolute atomic E-state index is 0.0105. The molecule has 1 aliphatic carbocycles. The van der Waals surface area contributed by atoms with E-state index in [-0.39, 0.29) is 35.1 Å². The zero-order chi connectivity index (χ0) is 21.1. The number of nitrogens with zero attached hydrogens (tertiary/aromatic N) is 3. The average Bonchev–Trinajstić information content (AvgIpc) is 3.58. The van der Waals surface area contributed by atoms with Gasteiger partial charge >= 0.3 is 0 Å². The van der Waals surface area contributed by atoms with Crippen molar-refractivity contribution in [2.45, 2.75) is 37.8 Å². The van der Waals surface area contributed by atoms with E-state index >= 15 is 0 Å². The van der Waals surface area contributed by atoms with Crippen molar-refractivity contribution in [3.8, 4) is 0 Å². The predicted molar refractivity (Wildman–Crippen MR) is 110 cm³/mol. The molecule has 30 heavy (non-hydrogen) atoms. The minimum atomic E-state index is -0.474. The van der Waals surface area contributed by atoms with Gasteiger partial charge in [0.2, 0.25) is 0 Å². The van der Waals surface area contributed by atoms with Gasteiger partial charge < -0.3 is 15.5 Å². The van der Waals surface area contributed by atoms with Crippen LogP contribution in [0.1, 0.15) is 46.4 Å². The van der Waals surface area contributed by atoms with Crippen LogP contribution in [0.25, 0.3) is 0 Å². The maximum Gasteiger partial charge on any atom is 0.293 e. The van der Waals surface area contributed by atoms with Crippen LogP contribution in [0.3, 0.4) is 0 Å². The summed E-state index contributed by atoms with van der Waals surface area (Å²) in [6.45, 7) is 1.13. The fourth-order valence-electron chi connectivity index (χ4n) is 3.57. The van der Waals surface area contributed by atoms with Gasteiger partial charge in [0.05, 0.1) is 4.92 Å². The second kappa shape index (κ2) is 8.48. The Labute approximate surface area is 173 Å². The van der Waals surface area contributed by atoms with Crippen LogP contribution >= 0.6 is 0 Å². The highest BCUT2D eigenvalue weighted by atomic mass is 16.6. The highest BCUT2D eigenvalue weighted by Gasteiger charge is 2.27. The maximum absolute atomic E-state index is 12.5. The average molecular weight is 409 g/mol. The van der Waals surface area contributed by atoms with Crippen molar-refractivity contribution in [1.82, 2.24) is 15.2 Å². The topological polar surface area (TPSA) is 117 Å². The molecule has 1 saturated carbocycles. The van der Waals surface area contributed by atoms with Gasteiger partial charge in [-0.25, -0.2) is 0 Å². The Morgan fingerprint density at radius 3 is 2.33 bits per heavy atom. The second-order valence-corrected chi connectivity index (χ2v) is 7.68. The van der Waals surface area contributed by atoms with Crippen LogP contribution in [0.2, 0.25) is 0 Å². The van der Waals surface area contributed by atoms with E-state index in [0.717, 1.165) is 12.8 Å². The number of anilines is 1. The summed E-state index contributed by atoms with van der Waals surface area (Å²) in [7, 11) is 0. The van der Waals surface area contributed by atoms with Crippen molar-refractivity contribution in [3.05, 3.63) is 64.0 Å². The molecule has 1 aliphatic heterocycles. The molecule has 2 aliphatic rings. The lowest BCUT2D eigenvalue weighted by Crippen LogP contribution is -2.42. The molecule has 0 radical (unpaired) electrons. The van der Waals surface area contributed by atoms with E-state index in [9.17, 15) is 19.7 Å². The van der Waals surface area contributed by atoms with Gasteiger partial charge in [0.1, 0.15) is 5.69 Å². The molecule has 2 N–H and O–H groups in total. The number of nitro benzene ring substituents is 1. The first-order valence-electron chi connectivity index (χ1n) is 10.1. The fourth-order valence-corrected chi connectivity index (χ4v) is 3.57. The molecule has 2 fully saturated rings. The second-order valence-electron chi connectivity index (χ2n) is 7.68. The van der Waals surface area contributed by atoms with Gasteiger partial charge in [0, 0.05) is 54.8 Å².